The number of piperazine rings is 1. The molecular weight excluding hydrogens is 302 g/mol. The van der Waals surface area contributed by atoms with Crippen molar-refractivity contribution in [1.29, 1.82) is 0 Å². The van der Waals surface area contributed by atoms with Gasteiger partial charge in [-0.15, -0.1) is 0 Å². The quantitative estimate of drug-likeness (QED) is 0.805. The normalized spacial score (nSPS) is 16.6. The van der Waals surface area contributed by atoms with Crippen molar-refractivity contribution in [3.05, 3.63) is 54.4 Å². The monoisotopic (exact) mass is 326 g/mol. The summed E-state index contributed by atoms with van der Waals surface area (Å²) in [7, 11) is 0. The average molecular weight is 326 g/mol. The first kappa shape index (κ1) is 16.4. The van der Waals surface area contributed by atoms with Crippen LogP contribution in [-0.4, -0.2) is 48.1 Å². The van der Waals surface area contributed by atoms with Crippen LogP contribution in [0.1, 0.15) is 12.5 Å². The summed E-state index contributed by atoms with van der Waals surface area (Å²) in [5.74, 6) is 0.885. The van der Waals surface area contributed by atoms with E-state index >= 15 is 0 Å². The Kier molecular flexibility index (Phi) is 5.38. The van der Waals surface area contributed by atoms with Crippen molar-refractivity contribution in [2.75, 3.05) is 31.1 Å². The fourth-order valence-electron chi connectivity index (χ4n) is 3.00. The van der Waals surface area contributed by atoms with Crippen LogP contribution < -0.4 is 15.1 Å². The minimum absolute atomic E-state index is 0.0486. The van der Waals surface area contributed by atoms with Crippen LogP contribution in [-0.2, 0) is 11.3 Å². The van der Waals surface area contributed by atoms with Gasteiger partial charge in [-0.25, -0.2) is 9.97 Å². The molecule has 24 heavy (non-hydrogen) atoms. The highest BCUT2D eigenvalue weighted by atomic mass is 16.2. The highest BCUT2D eigenvalue weighted by Gasteiger charge is 2.29. The van der Waals surface area contributed by atoms with Gasteiger partial charge in [0.2, 0.25) is 5.95 Å². The zero-order valence-corrected chi connectivity index (χ0v) is 14.0. The maximum absolute atomic E-state index is 12.4. The summed E-state index contributed by atoms with van der Waals surface area (Å²) in [5.41, 5.74) is 1.12. The highest BCUT2D eigenvalue weighted by molar-refractivity contribution is 5.79. The third kappa shape index (κ3) is 4.08. The fourth-order valence-corrected chi connectivity index (χ4v) is 3.00. The predicted octanol–water partition coefficient (Wildman–Crippen LogP) is -0.114. The molecule has 2 N–H and O–H groups in total. The van der Waals surface area contributed by atoms with Crippen LogP contribution in [0.15, 0.2) is 48.8 Å². The number of quaternary nitrogens is 1. The van der Waals surface area contributed by atoms with Crippen LogP contribution in [0.25, 0.3) is 0 Å². The number of rotatable bonds is 5. The Balaban J connectivity index is 1.47. The number of carbonyl (C=O) groups excluding carboxylic acids is 1. The Morgan fingerprint density at radius 1 is 1.17 bits per heavy atom. The van der Waals surface area contributed by atoms with Crippen molar-refractivity contribution in [3.8, 4) is 0 Å². The number of benzene rings is 1. The molecular formula is C18H24N5O+. The summed E-state index contributed by atoms with van der Waals surface area (Å²) in [6.45, 7) is 6.16. The van der Waals surface area contributed by atoms with Crippen LogP contribution in [0.4, 0.5) is 5.95 Å². The van der Waals surface area contributed by atoms with Gasteiger partial charge in [0.25, 0.3) is 5.91 Å². The van der Waals surface area contributed by atoms with Crippen molar-refractivity contribution in [2.24, 2.45) is 0 Å². The molecule has 0 spiro atoms. The van der Waals surface area contributed by atoms with Gasteiger partial charge in [-0.05, 0) is 18.6 Å². The van der Waals surface area contributed by atoms with Gasteiger partial charge in [-0.2, -0.15) is 0 Å². The first-order chi connectivity index (χ1) is 11.7. The summed E-state index contributed by atoms with van der Waals surface area (Å²) >= 11 is 0. The van der Waals surface area contributed by atoms with Gasteiger partial charge in [0, 0.05) is 18.9 Å². The van der Waals surface area contributed by atoms with E-state index in [4.69, 9.17) is 0 Å². The van der Waals surface area contributed by atoms with E-state index in [-0.39, 0.29) is 11.9 Å². The molecule has 1 aromatic carbocycles. The SMILES string of the molecule is C[C@H](C(=O)NCc1ccccc1)[NH+]1CCN(c2ncccn2)CC1. The van der Waals surface area contributed by atoms with Crippen LogP contribution in [0.2, 0.25) is 0 Å². The van der Waals surface area contributed by atoms with Gasteiger partial charge in [0.1, 0.15) is 0 Å². The van der Waals surface area contributed by atoms with E-state index in [1.54, 1.807) is 12.4 Å². The smallest absolute Gasteiger partial charge is 0.278 e. The molecule has 1 aliphatic heterocycles. The number of nitrogens with one attached hydrogen (secondary N) is 2. The number of amides is 1. The highest BCUT2D eigenvalue weighted by Crippen LogP contribution is 2.04. The number of anilines is 1. The molecule has 0 radical (unpaired) electrons. The van der Waals surface area contributed by atoms with E-state index in [0.717, 1.165) is 37.7 Å². The molecule has 126 valence electrons. The van der Waals surface area contributed by atoms with E-state index in [2.05, 4.69) is 20.2 Å². The van der Waals surface area contributed by atoms with Crippen LogP contribution in [0, 0.1) is 0 Å². The minimum atomic E-state index is -0.0486. The molecule has 2 aromatic rings. The van der Waals surface area contributed by atoms with Gasteiger partial charge < -0.3 is 15.1 Å². The number of aromatic nitrogens is 2. The van der Waals surface area contributed by atoms with Gasteiger partial charge in [-0.3, -0.25) is 4.79 Å². The molecule has 1 aromatic heterocycles. The lowest BCUT2D eigenvalue weighted by atomic mass is 10.2. The Morgan fingerprint density at radius 2 is 1.83 bits per heavy atom. The summed E-state index contributed by atoms with van der Waals surface area (Å²) in [6, 6.07) is 11.8. The second-order valence-electron chi connectivity index (χ2n) is 6.12. The molecule has 0 saturated carbocycles. The van der Waals surface area contributed by atoms with Gasteiger partial charge in [0.05, 0.1) is 26.2 Å². The molecule has 3 rings (SSSR count). The van der Waals surface area contributed by atoms with Crippen LogP contribution in [0.5, 0.6) is 0 Å². The molecule has 0 aliphatic carbocycles. The number of hydrogen-bond acceptors (Lipinski definition) is 4. The Labute approximate surface area is 142 Å². The molecule has 6 heteroatoms. The zero-order valence-electron chi connectivity index (χ0n) is 14.0. The molecule has 1 atom stereocenters. The lowest BCUT2D eigenvalue weighted by Crippen LogP contribution is -3.19. The van der Waals surface area contributed by atoms with E-state index < -0.39 is 0 Å². The Bertz CT molecular complexity index is 641. The molecule has 6 nitrogen and oxygen atoms in total. The summed E-state index contributed by atoms with van der Waals surface area (Å²) in [4.78, 5) is 24.5. The number of carbonyl (C=O) groups is 1. The summed E-state index contributed by atoms with van der Waals surface area (Å²) in [6.07, 6.45) is 3.53. The molecule has 1 amide bonds. The maximum Gasteiger partial charge on any atom is 0.278 e. The molecule has 1 aliphatic rings. The maximum atomic E-state index is 12.4. The second kappa shape index (κ2) is 7.88. The molecule has 0 unspecified atom stereocenters. The fraction of sp³-hybridized carbons (Fsp3) is 0.389. The van der Waals surface area contributed by atoms with Gasteiger partial charge >= 0.3 is 0 Å². The minimum Gasteiger partial charge on any atom is -0.347 e. The average Bonchev–Trinajstić information content (AvgIpc) is 2.67. The Hall–Kier alpha value is -2.47. The number of hydrogen-bond donors (Lipinski definition) is 2. The lowest BCUT2D eigenvalue weighted by molar-refractivity contribution is -0.914. The van der Waals surface area contributed by atoms with Crippen molar-refractivity contribution in [3.63, 3.8) is 0 Å². The second-order valence-corrected chi connectivity index (χ2v) is 6.12. The van der Waals surface area contributed by atoms with Crippen molar-refractivity contribution >= 4 is 11.9 Å². The standard InChI is InChI=1S/C18H23N5O/c1-15(17(24)21-14-16-6-3-2-4-7-16)22-10-12-23(13-11-22)18-19-8-5-9-20-18/h2-9,15H,10-14H2,1H3,(H,21,24)/p+1/t15-/m1/s1. The van der Waals surface area contributed by atoms with Gasteiger partial charge in [0.15, 0.2) is 6.04 Å². The molecule has 1 saturated heterocycles. The van der Waals surface area contributed by atoms with Crippen LogP contribution in [0.3, 0.4) is 0 Å². The predicted molar refractivity (Wildman–Crippen MR) is 92.7 cm³/mol. The van der Waals surface area contributed by atoms with Gasteiger partial charge in [-0.1, -0.05) is 30.3 Å². The van der Waals surface area contributed by atoms with E-state index in [1.165, 1.54) is 4.90 Å². The van der Waals surface area contributed by atoms with E-state index in [1.807, 2.05) is 43.3 Å². The molecule has 1 fully saturated rings. The Morgan fingerprint density at radius 3 is 2.50 bits per heavy atom. The van der Waals surface area contributed by atoms with Crippen molar-refractivity contribution in [2.45, 2.75) is 19.5 Å². The molecule has 2 heterocycles. The third-order valence-corrected chi connectivity index (χ3v) is 4.56. The molecule has 0 bridgehead atoms. The zero-order chi connectivity index (χ0) is 16.8. The number of nitrogens with zero attached hydrogens (tertiary/aromatic N) is 3. The van der Waals surface area contributed by atoms with Crippen molar-refractivity contribution < 1.29 is 9.69 Å². The topological polar surface area (TPSA) is 62.6 Å². The van der Waals surface area contributed by atoms with Crippen LogP contribution >= 0.6 is 0 Å². The first-order valence-electron chi connectivity index (χ1n) is 8.42. The first-order valence-corrected chi connectivity index (χ1v) is 8.42. The van der Waals surface area contributed by atoms with Crippen molar-refractivity contribution in [1.82, 2.24) is 15.3 Å². The summed E-state index contributed by atoms with van der Waals surface area (Å²) in [5, 5.41) is 3.04. The third-order valence-electron chi connectivity index (χ3n) is 4.56. The largest absolute Gasteiger partial charge is 0.347 e. The summed E-state index contributed by atoms with van der Waals surface area (Å²) < 4.78 is 0. The lowest BCUT2D eigenvalue weighted by Gasteiger charge is -2.34. The van der Waals surface area contributed by atoms with E-state index in [0.29, 0.717) is 6.54 Å². The van der Waals surface area contributed by atoms with E-state index in [9.17, 15) is 4.79 Å².